The molecule has 1 aromatic carbocycles. The number of aliphatic hydroxyl groups excluding tert-OH is 1. The first-order valence-electron chi connectivity index (χ1n) is 6.23. The Morgan fingerprint density at radius 2 is 2.10 bits per heavy atom. The first-order chi connectivity index (χ1) is 9.79. The Bertz CT molecular complexity index is 592. The van der Waals surface area contributed by atoms with Crippen molar-refractivity contribution in [1.82, 2.24) is 4.31 Å². The van der Waals surface area contributed by atoms with Gasteiger partial charge in [-0.3, -0.25) is 0 Å². The van der Waals surface area contributed by atoms with Gasteiger partial charge in [-0.15, -0.1) is 0 Å². The van der Waals surface area contributed by atoms with Gasteiger partial charge in [-0.1, -0.05) is 11.6 Å². The molecule has 8 heteroatoms. The number of hydrogen-bond donors (Lipinski definition) is 1. The third-order valence-corrected chi connectivity index (χ3v) is 6.17. The van der Waals surface area contributed by atoms with E-state index in [1.807, 2.05) is 13.2 Å². The fourth-order valence-corrected chi connectivity index (χ4v) is 4.59. The second-order valence-electron chi connectivity index (χ2n) is 4.58. The summed E-state index contributed by atoms with van der Waals surface area (Å²) in [6.45, 7) is 1.48. The summed E-state index contributed by atoms with van der Waals surface area (Å²) in [6, 6.07) is 2.66. The molecule has 1 unspecified atom stereocenters. The van der Waals surface area contributed by atoms with Gasteiger partial charge in [0.2, 0.25) is 10.0 Å². The van der Waals surface area contributed by atoms with E-state index in [1.165, 1.54) is 30.6 Å². The van der Waals surface area contributed by atoms with Gasteiger partial charge in [-0.25, -0.2) is 8.42 Å². The van der Waals surface area contributed by atoms with Crippen molar-refractivity contribution in [3.63, 3.8) is 0 Å². The lowest BCUT2D eigenvalue weighted by molar-refractivity contribution is 0.272. The van der Waals surface area contributed by atoms with Crippen LogP contribution < -0.4 is 4.74 Å². The third-order valence-electron chi connectivity index (χ3n) is 3.16. The molecule has 0 amide bonds. The van der Waals surface area contributed by atoms with Gasteiger partial charge in [0.05, 0.1) is 13.7 Å². The first-order valence-corrected chi connectivity index (χ1v) is 9.45. The van der Waals surface area contributed by atoms with E-state index in [0.717, 1.165) is 0 Å². The highest BCUT2D eigenvalue weighted by molar-refractivity contribution is 7.98. The van der Waals surface area contributed by atoms with E-state index in [9.17, 15) is 13.5 Å². The lowest BCUT2D eigenvalue weighted by Gasteiger charge is -2.25. The van der Waals surface area contributed by atoms with Crippen LogP contribution in [-0.4, -0.2) is 50.0 Å². The minimum absolute atomic E-state index is 0.0306. The predicted molar refractivity (Wildman–Crippen MR) is 86.7 cm³/mol. The van der Waals surface area contributed by atoms with E-state index in [-0.39, 0.29) is 28.3 Å². The SMILES string of the molecule is COc1c(CO)cc(Cl)cc1S(=O)(=O)N(C)C(C)CSC. The highest BCUT2D eigenvalue weighted by Gasteiger charge is 2.29. The normalized spacial score (nSPS) is 13.5. The number of halogens is 1. The predicted octanol–water partition coefficient (Wildman–Crippen LogP) is 2.21. The number of benzene rings is 1. The number of thioether (sulfide) groups is 1. The zero-order valence-electron chi connectivity index (χ0n) is 12.5. The van der Waals surface area contributed by atoms with E-state index in [2.05, 4.69) is 0 Å². The summed E-state index contributed by atoms with van der Waals surface area (Å²) in [7, 11) is -0.868. The van der Waals surface area contributed by atoms with Crippen LogP contribution in [0.4, 0.5) is 0 Å². The highest BCUT2D eigenvalue weighted by atomic mass is 35.5. The van der Waals surface area contributed by atoms with Gasteiger partial charge in [-0.05, 0) is 25.3 Å². The van der Waals surface area contributed by atoms with E-state index in [1.54, 1.807) is 11.8 Å². The molecule has 1 N–H and O–H groups in total. The molecule has 0 saturated carbocycles. The van der Waals surface area contributed by atoms with Crippen LogP contribution in [0.25, 0.3) is 0 Å². The topological polar surface area (TPSA) is 66.8 Å². The zero-order valence-corrected chi connectivity index (χ0v) is 14.8. The number of aliphatic hydroxyl groups is 1. The summed E-state index contributed by atoms with van der Waals surface area (Å²) >= 11 is 7.52. The lowest BCUT2D eigenvalue weighted by Crippen LogP contribution is -2.36. The number of methoxy groups -OCH3 is 1. The molecule has 0 aromatic heterocycles. The smallest absolute Gasteiger partial charge is 0.246 e. The minimum atomic E-state index is -3.76. The van der Waals surface area contributed by atoms with Gasteiger partial charge in [0.15, 0.2) is 0 Å². The molecule has 1 aromatic rings. The fourth-order valence-electron chi connectivity index (χ4n) is 1.90. The van der Waals surface area contributed by atoms with Gasteiger partial charge in [0.1, 0.15) is 10.6 Å². The van der Waals surface area contributed by atoms with E-state index in [4.69, 9.17) is 16.3 Å². The molecular weight excluding hydrogens is 334 g/mol. The summed E-state index contributed by atoms with van der Waals surface area (Å²) in [5, 5.41) is 9.59. The standard InChI is InChI=1S/C13H20ClNO4S2/c1-9(8-20-4)15(2)21(17,18)12-6-11(14)5-10(7-16)13(12)19-3/h5-6,9,16H,7-8H2,1-4H3. The van der Waals surface area contributed by atoms with Crippen molar-refractivity contribution in [1.29, 1.82) is 0 Å². The second kappa shape index (κ2) is 7.69. The van der Waals surface area contributed by atoms with E-state index in [0.29, 0.717) is 11.3 Å². The van der Waals surface area contributed by atoms with Crippen molar-refractivity contribution in [2.24, 2.45) is 0 Å². The number of sulfonamides is 1. The Hall–Kier alpha value is -0.470. The Labute approximate surface area is 135 Å². The quantitative estimate of drug-likeness (QED) is 0.814. The van der Waals surface area contributed by atoms with Gasteiger partial charge in [0, 0.05) is 29.4 Å². The van der Waals surface area contributed by atoms with E-state index < -0.39 is 10.0 Å². The van der Waals surface area contributed by atoms with Crippen molar-refractivity contribution in [2.75, 3.05) is 26.2 Å². The number of ether oxygens (including phenoxy) is 1. The summed E-state index contributed by atoms with van der Waals surface area (Å²) < 4.78 is 31.9. The molecule has 21 heavy (non-hydrogen) atoms. The molecule has 0 saturated heterocycles. The molecule has 0 aliphatic heterocycles. The van der Waals surface area contributed by atoms with Crippen molar-refractivity contribution >= 4 is 33.4 Å². The average molecular weight is 354 g/mol. The zero-order chi connectivity index (χ0) is 16.2. The molecule has 0 bridgehead atoms. The molecule has 0 aliphatic carbocycles. The molecule has 0 aliphatic rings. The van der Waals surface area contributed by atoms with Crippen molar-refractivity contribution in [3.8, 4) is 5.75 Å². The molecule has 0 heterocycles. The summed E-state index contributed by atoms with van der Waals surface area (Å²) in [5.41, 5.74) is 0.342. The van der Waals surface area contributed by atoms with Crippen LogP contribution in [0.1, 0.15) is 12.5 Å². The Balaban J connectivity index is 3.40. The number of rotatable bonds is 7. The summed E-state index contributed by atoms with van der Waals surface area (Å²) in [4.78, 5) is -0.0306. The molecular formula is C13H20ClNO4S2. The number of hydrogen-bond acceptors (Lipinski definition) is 5. The van der Waals surface area contributed by atoms with Crippen LogP contribution in [0, 0.1) is 0 Å². The molecule has 1 rings (SSSR count). The van der Waals surface area contributed by atoms with Gasteiger partial charge >= 0.3 is 0 Å². The molecule has 0 fully saturated rings. The monoisotopic (exact) mass is 353 g/mol. The average Bonchev–Trinajstić information content (AvgIpc) is 2.45. The van der Waals surface area contributed by atoms with Crippen LogP contribution >= 0.6 is 23.4 Å². The van der Waals surface area contributed by atoms with Crippen LogP contribution in [0.3, 0.4) is 0 Å². The van der Waals surface area contributed by atoms with Gasteiger partial charge in [0.25, 0.3) is 0 Å². The second-order valence-corrected chi connectivity index (χ2v) is 7.89. The Kier molecular flexibility index (Phi) is 6.80. The lowest BCUT2D eigenvalue weighted by atomic mass is 10.2. The fraction of sp³-hybridized carbons (Fsp3) is 0.538. The molecule has 0 spiro atoms. The minimum Gasteiger partial charge on any atom is -0.495 e. The van der Waals surface area contributed by atoms with Crippen LogP contribution in [0.15, 0.2) is 17.0 Å². The summed E-state index contributed by atoms with van der Waals surface area (Å²) in [6.07, 6.45) is 1.92. The van der Waals surface area contributed by atoms with Crippen LogP contribution in [-0.2, 0) is 16.6 Å². The maximum atomic E-state index is 12.7. The largest absolute Gasteiger partial charge is 0.495 e. The van der Waals surface area contributed by atoms with Crippen molar-refractivity contribution in [2.45, 2.75) is 24.5 Å². The van der Waals surface area contributed by atoms with E-state index >= 15 is 0 Å². The maximum absolute atomic E-state index is 12.7. The molecule has 120 valence electrons. The highest BCUT2D eigenvalue weighted by Crippen LogP contribution is 2.34. The van der Waals surface area contributed by atoms with Crippen LogP contribution in [0.2, 0.25) is 5.02 Å². The Morgan fingerprint density at radius 1 is 1.48 bits per heavy atom. The van der Waals surface area contributed by atoms with Crippen molar-refractivity contribution < 1.29 is 18.3 Å². The Morgan fingerprint density at radius 3 is 2.57 bits per heavy atom. The molecule has 0 radical (unpaired) electrons. The maximum Gasteiger partial charge on any atom is 0.246 e. The first kappa shape index (κ1) is 18.6. The van der Waals surface area contributed by atoms with Crippen LogP contribution in [0.5, 0.6) is 5.75 Å². The molecule has 1 atom stereocenters. The number of nitrogens with zero attached hydrogens (tertiary/aromatic N) is 1. The van der Waals surface area contributed by atoms with Gasteiger partial charge in [-0.2, -0.15) is 16.1 Å². The van der Waals surface area contributed by atoms with Crippen molar-refractivity contribution in [3.05, 3.63) is 22.7 Å². The van der Waals surface area contributed by atoms with Gasteiger partial charge < -0.3 is 9.84 Å². The molecule has 5 nitrogen and oxygen atoms in total. The third kappa shape index (κ3) is 4.04. The summed E-state index contributed by atoms with van der Waals surface area (Å²) in [5.74, 6) is 0.802.